The quantitative estimate of drug-likeness (QED) is 0.0560. The van der Waals surface area contributed by atoms with E-state index >= 15 is 0 Å². The van der Waals surface area contributed by atoms with E-state index in [9.17, 15) is 9.90 Å². The average molecular weight is 869 g/mol. The first-order valence-electron chi connectivity index (χ1n) is 18.8. The number of carbonyl (C=O) groups excluding carboxylic acids is 1. The zero-order valence-electron chi connectivity index (χ0n) is 32.3. The Morgan fingerprint density at radius 2 is 1.32 bits per heavy atom. The summed E-state index contributed by atoms with van der Waals surface area (Å²) in [4.78, 5) is 16.6. The van der Waals surface area contributed by atoms with Crippen molar-refractivity contribution in [2.24, 2.45) is 23.7 Å². The molecule has 4 aromatic rings. The van der Waals surface area contributed by atoms with Crippen molar-refractivity contribution in [3.63, 3.8) is 0 Å². The third-order valence-electron chi connectivity index (χ3n) is 9.94. The Morgan fingerprint density at radius 3 is 1.86 bits per heavy atom. The first-order chi connectivity index (χ1) is 23.4. The number of fused-ring (bicyclic) bond motifs is 1. The molecule has 0 bridgehead atoms. The summed E-state index contributed by atoms with van der Waals surface area (Å²) in [6.45, 7) is 22.1. The van der Waals surface area contributed by atoms with Gasteiger partial charge >= 0.3 is 0 Å². The van der Waals surface area contributed by atoms with Crippen LogP contribution in [-0.4, -0.2) is 23.9 Å². The topological polar surface area (TPSA) is 50.2 Å². The summed E-state index contributed by atoms with van der Waals surface area (Å²) < 4.78 is 0. The zero-order chi connectivity index (χ0) is 36.1. The van der Waals surface area contributed by atoms with Gasteiger partial charge in [0, 0.05) is 49.9 Å². The molecule has 1 heterocycles. The number of aliphatic hydroxyl groups is 1. The molecular formula is C45H62IrNO2Si-. The Kier molecular flexibility index (Phi) is 18.1. The van der Waals surface area contributed by atoms with Crippen LogP contribution in [-0.2, 0) is 24.9 Å². The molecule has 0 spiro atoms. The maximum atomic E-state index is 11.7. The maximum absolute atomic E-state index is 11.7. The number of aliphatic hydroxyl groups excluding tert-OH is 1. The monoisotopic (exact) mass is 869 g/mol. The Bertz CT molecular complexity index is 1630. The van der Waals surface area contributed by atoms with Gasteiger partial charge < -0.3 is 5.11 Å². The summed E-state index contributed by atoms with van der Waals surface area (Å²) in [5.41, 5.74) is 3.52. The minimum atomic E-state index is -1.98. The second kappa shape index (κ2) is 20.9. The summed E-state index contributed by atoms with van der Waals surface area (Å²) in [5.74, 6) is 2.27. The van der Waals surface area contributed by atoms with Crippen LogP contribution in [0.4, 0.5) is 0 Å². The van der Waals surface area contributed by atoms with E-state index in [-0.39, 0.29) is 43.5 Å². The molecule has 0 fully saturated rings. The minimum Gasteiger partial charge on any atom is -0.512 e. The molecule has 0 atom stereocenters. The van der Waals surface area contributed by atoms with Crippen LogP contribution < -0.4 is 10.4 Å². The number of allylic oxidation sites excluding steroid dienone is 2. The van der Waals surface area contributed by atoms with E-state index in [1.165, 1.54) is 39.7 Å². The molecule has 0 aliphatic rings. The number of hydrogen-bond donors (Lipinski definition) is 1. The number of aromatic nitrogens is 1. The smallest absolute Gasteiger partial charge is 0.162 e. The molecule has 1 aromatic heterocycles. The predicted octanol–water partition coefficient (Wildman–Crippen LogP) is 11.6. The number of pyridine rings is 1. The van der Waals surface area contributed by atoms with Crippen LogP contribution in [0.1, 0.15) is 106 Å². The van der Waals surface area contributed by atoms with Gasteiger partial charge in [0.25, 0.3) is 0 Å². The van der Waals surface area contributed by atoms with E-state index in [0.717, 1.165) is 36.9 Å². The van der Waals surface area contributed by atoms with Gasteiger partial charge in [-0.25, -0.2) is 0 Å². The van der Waals surface area contributed by atoms with Crippen LogP contribution in [0.25, 0.3) is 22.0 Å². The first-order valence-corrected chi connectivity index (χ1v) is 21.2. The van der Waals surface area contributed by atoms with Crippen molar-refractivity contribution in [2.75, 3.05) is 0 Å². The van der Waals surface area contributed by atoms with E-state index in [1.54, 1.807) is 5.19 Å². The fourth-order valence-corrected chi connectivity index (χ4v) is 13.3. The van der Waals surface area contributed by atoms with Crippen LogP contribution in [0.2, 0.25) is 12.1 Å². The summed E-state index contributed by atoms with van der Waals surface area (Å²) >= 11 is 0. The normalized spacial score (nSPS) is 12.1. The van der Waals surface area contributed by atoms with Crippen molar-refractivity contribution in [3.8, 4) is 11.3 Å². The minimum absolute atomic E-state index is 0. The molecule has 0 unspecified atom stereocenters. The second-order valence-corrected chi connectivity index (χ2v) is 19.0. The largest absolute Gasteiger partial charge is 0.512 e. The Balaban J connectivity index is 0.000000461. The van der Waals surface area contributed by atoms with Gasteiger partial charge in [-0.3, -0.25) is 9.78 Å². The van der Waals surface area contributed by atoms with Crippen molar-refractivity contribution in [3.05, 3.63) is 102 Å². The fraction of sp³-hybridized carbons (Fsp3) is 0.467. The molecule has 0 saturated carbocycles. The van der Waals surface area contributed by atoms with E-state index in [2.05, 4.69) is 120 Å². The summed E-state index contributed by atoms with van der Waals surface area (Å²) in [7, 11) is -1.98. The molecule has 273 valence electrons. The molecular weight excluding hydrogens is 807 g/mol. The third kappa shape index (κ3) is 11.3. The van der Waals surface area contributed by atoms with Gasteiger partial charge in [-0.2, -0.15) is 0 Å². The SMILES string of the molecule is CC(C)C[Si](CC(C)C)(c1ccccc1)c1ccnc(-c2[c-]c3ccccc3c(C(C)C)c2)c1.CCC(CC)C(=O)/C=C(\O)C(CC)CC.[Ir]. The van der Waals surface area contributed by atoms with Crippen molar-refractivity contribution in [1.82, 2.24) is 4.98 Å². The molecule has 1 radical (unpaired) electrons. The fourth-order valence-electron chi connectivity index (χ4n) is 7.40. The molecule has 3 aromatic carbocycles. The van der Waals surface area contributed by atoms with Crippen LogP contribution in [0, 0.1) is 29.7 Å². The van der Waals surface area contributed by atoms with Gasteiger partial charge in [0.05, 0.1) is 5.76 Å². The Labute approximate surface area is 318 Å². The molecule has 0 amide bonds. The number of nitrogens with zero attached hydrogens (tertiary/aromatic N) is 1. The molecule has 0 saturated heterocycles. The molecule has 5 heteroatoms. The second-order valence-electron chi connectivity index (χ2n) is 14.9. The number of rotatable bonds is 15. The van der Waals surface area contributed by atoms with Gasteiger partial charge in [-0.05, 0) is 61.6 Å². The summed E-state index contributed by atoms with van der Waals surface area (Å²) in [6, 6.07) is 33.1. The number of hydrogen-bond acceptors (Lipinski definition) is 3. The zero-order valence-corrected chi connectivity index (χ0v) is 35.7. The molecule has 50 heavy (non-hydrogen) atoms. The van der Waals surface area contributed by atoms with Crippen molar-refractivity contribution in [2.45, 2.75) is 113 Å². The molecule has 4 rings (SSSR count). The van der Waals surface area contributed by atoms with Crippen LogP contribution in [0.5, 0.6) is 0 Å². The Hall–Kier alpha value is -2.85. The first kappa shape index (κ1) is 43.3. The molecule has 1 N–H and O–H groups in total. The van der Waals surface area contributed by atoms with Gasteiger partial charge in [0.15, 0.2) is 5.78 Å². The third-order valence-corrected chi connectivity index (χ3v) is 15.8. The van der Waals surface area contributed by atoms with E-state index in [0.29, 0.717) is 17.8 Å². The van der Waals surface area contributed by atoms with Gasteiger partial charge in [0.1, 0.15) is 8.07 Å². The molecule has 3 nitrogen and oxygen atoms in total. The standard InChI is InChI=1S/C32H38NSi.C13H24O2.Ir/c1-23(2)21-34(22-24(3)4,28-13-8-7-9-14-28)29-16-17-33-32(20-29)27-18-26-12-10-11-15-30(26)31(19-27)25(5)6;1-5-10(6-2)12(14)9-13(15)11(7-3)8-4;/h7-17,19-20,23-25H,21-22H2,1-6H3;9-11,14H,5-8H2,1-4H3;/q-1;;/b;12-9-;. The number of benzene rings is 3. The van der Waals surface area contributed by atoms with Crippen molar-refractivity contribution < 1.29 is 30.0 Å². The van der Waals surface area contributed by atoms with Crippen LogP contribution in [0.15, 0.2) is 90.8 Å². The maximum Gasteiger partial charge on any atom is 0.162 e. The van der Waals surface area contributed by atoms with Gasteiger partial charge in [-0.1, -0.05) is 145 Å². The van der Waals surface area contributed by atoms with Gasteiger partial charge in [-0.15, -0.1) is 29.1 Å². The Morgan fingerprint density at radius 1 is 0.760 bits per heavy atom. The van der Waals surface area contributed by atoms with E-state index in [4.69, 9.17) is 4.98 Å². The number of carbonyl (C=O) groups is 1. The van der Waals surface area contributed by atoms with Crippen molar-refractivity contribution in [1.29, 1.82) is 0 Å². The van der Waals surface area contributed by atoms with E-state index in [1.807, 2.05) is 33.9 Å². The number of ketones is 1. The summed E-state index contributed by atoms with van der Waals surface area (Å²) in [6.07, 6.45) is 6.94. The van der Waals surface area contributed by atoms with Crippen LogP contribution >= 0.6 is 0 Å². The average Bonchev–Trinajstić information content (AvgIpc) is 3.08. The van der Waals surface area contributed by atoms with Crippen molar-refractivity contribution >= 4 is 35.0 Å². The molecule has 0 aliphatic carbocycles. The van der Waals surface area contributed by atoms with E-state index < -0.39 is 8.07 Å². The van der Waals surface area contributed by atoms with Gasteiger partial charge in [0.2, 0.25) is 0 Å². The molecule has 0 aliphatic heterocycles. The summed E-state index contributed by atoms with van der Waals surface area (Å²) in [5, 5.41) is 15.3. The predicted molar refractivity (Wildman–Crippen MR) is 215 cm³/mol. The van der Waals surface area contributed by atoms with Crippen LogP contribution in [0.3, 0.4) is 0 Å².